The van der Waals surface area contributed by atoms with Crippen molar-refractivity contribution in [1.29, 1.82) is 0 Å². The van der Waals surface area contributed by atoms with Crippen LogP contribution in [0.5, 0.6) is 0 Å². The average molecular weight is 255 g/mol. The van der Waals surface area contributed by atoms with Gasteiger partial charge in [0.25, 0.3) is 5.69 Å². The lowest BCUT2D eigenvalue weighted by atomic mass is 10.1. The number of hydrogen-bond acceptors (Lipinski definition) is 3. The lowest BCUT2D eigenvalue weighted by Gasteiger charge is -2.18. The molecule has 1 aromatic rings. The van der Waals surface area contributed by atoms with Crippen molar-refractivity contribution in [3.8, 4) is 0 Å². The molecular formula is C11H11ClN2O3. The molecule has 5 nitrogen and oxygen atoms in total. The molecule has 2 rings (SSSR count). The summed E-state index contributed by atoms with van der Waals surface area (Å²) in [7, 11) is 0. The summed E-state index contributed by atoms with van der Waals surface area (Å²) in [6.07, 6.45) is 0.281. The minimum atomic E-state index is -0.471. The second-order valence-electron chi connectivity index (χ2n) is 4.03. The Labute approximate surface area is 103 Å². The quantitative estimate of drug-likeness (QED) is 0.462. The van der Waals surface area contributed by atoms with Crippen molar-refractivity contribution in [1.82, 2.24) is 0 Å². The maximum Gasteiger partial charge on any atom is 0.271 e. The molecule has 1 amide bonds. The third-order valence-electron chi connectivity index (χ3n) is 2.77. The standard InChI is InChI=1S/C11H11ClN2O3/c1-7-2-3-9(14(16)17)5-10(7)13-6-8(12)4-11(13)15/h2-3,5,8H,4,6H2,1H3. The number of anilines is 1. The Morgan fingerprint density at radius 3 is 2.76 bits per heavy atom. The normalized spacial score (nSPS) is 19.8. The van der Waals surface area contributed by atoms with Gasteiger partial charge in [-0.2, -0.15) is 0 Å². The van der Waals surface area contributed by atoms with E-state index in [0.717, 1.165) is 5.56 Å². The predicted octanol–water partition coefficient (Wildman–Crippen LogP) is 2.25. The van der Waals surface area contributed by atoms with Crippen molar-refractivity contribution < 1.29 is 9.72 Å². The molecule has 0 aromatic heterocycles. The summed E-state index contributed by atoms with van der Waals surface area (Å²) in [4.78, 5) is 23.4. The van der Waals surface area contributed by atoms with Gasteiger partial charge < -0.3 is 4.90 Å². The van der Waals surface area contributed by atoms with Crippen molar-refractivity contribution in [3.63, 3.8) is 0 Å². The molecule has 1 unspecified atom stereocenters. The molecule has 1 aliphatic rings. The van der Waals surface area contributed by atoms with Gasteiger partial charge in [0.15, 0.2) is 0 Å². The van der Waals surface area contributed by atoms with Crippen molar-refractivity contribution in [3.05, 3.63) is 33.9 Å². The number of aryl methyl sites for hydroxylation is 1. The fourth-order valence-corrected chi connectivity index (χ4v) is 2.17. The lowest BCUT2D eigenvalue weighted by Crippen LogP contribution is -2.25. The van der Waals surface area contributed by atoms with Gasteiger partial charge in [-0.05, 0) is 12.5 Å². The molecule has 0 N–H and O–H groups in total. The number of carbonyl (C=O) groups is 1. The molecule has 6 heteroatoms. The van der Waals surface area contributed by atoms with E-state index in [1.807, 2.05) is 6.92 Å². The molecule has 1 heterocycles. The maximum atomic E-state index is 11.7. The van der Waals surface area contributed by atoms with Gasteiger partial charge in [0, 0.05) is 25.1 Å². The highest BCUT2D eigenvalue weighted by Crippen LogP contribution is 2.30. The number of benzene rings is 1. The molecule has 1 aromatic carbocycles. The molecule has 0 radical (unpaired) electrons. The number of amides is 1. The summed E-state index contributed by atoms with van der Waals surface area (Å²) in [5, 5.41) is 10.5. The first kappa shape index (κ1) is 11.9. The van der Waals surface area contributed by atoms with E-state index in [4.69, 9.17) is 11.6 Å². The summed E-state index contributed by atoms with van der Waals surface area (Å²) in [6, 6.07) is 4.49. The average Bonchev–Trinajstić information content (AvgIpc) is 2.58. The van der Waals surface area contributed by atoms with Crippen LogP contribution in [0.25, 0.3) is 0 Å². The second kappa shape index (κ2) is 4.33. The monoisotopic (exact) mass is 254 g/mol. The Bertz CT molecular complexity index is 490. The molecule has 1 fully saturated rings. The van der Waals surface area contributed by atoms with Gasteiger partial charge in [-0.1, -0.05) is 6.07 Å². The number of nitrogens with zero attached hydrogens (tertiary/aromatic N) is 2. The van der Waals surface area contributed by atoms with Gasteiger partial charge >= 0.3 is 0 Å². The van der Waals surface area contributed by atoms with Crippen LogP contribution in [0.2, 0.25) is 0 Å². The zero-order valence-electron chi connectivity index (χ0n) is 9.22. The van der Waals surface area contributed by atoms with Crippen LogP contribution in [0.15, 0.2) is 18.2 Å². The molecule has 0 aliphatic carbocycles. The second-order valence-corrected chi connectivity index (χ2v) is 4.65. The van der Waals surface area contributed by atoms with Crippen LogP contribution in [0, 0.1) is 17.0 Å². The number of hydrogen-bond donors (Lipinski definition) is 0. The highest BCUT2D eigenvalue weighted by Gasteiger charge is 2.30. The van der Waals surface area contributed by atoms with Crippen molar-refractivity contribution in [2.45, 2.75) is 18.7 Å². The third kappa shape index (κ3) is 2.24. The fraction of sp³-hybridized carbons (Fsp3) is 0.364. The smallest absolute Gasteiger partial charge is 0.271 e. The summed E-state index contributed by atoms with van der Waals surface area (Å²) < 4.78 is 0. The van der Waals surface area contributed by atoms with Crippen LogP contribution in [0.3, 0.4) is 0 Å². The summed E-state index contributed by atoms with van der Waals surface area (Å²) in [6.45, 7) is 2.22. The highest BCUT2D eigenvalue weighted by molar-refractivity contribution is 6.24. The van der Waals surface area contributed by atoms with Gasteiger partial charge in [-0.15, -0.1) is 11.6 Å². The molecular weight excluding hydrogens is 244 g/mol. The first-order valence-corrected chi connectivity index (χ1v) is 5.62. The van der Waals surface area contributed by atoms with Gasteiger partial charge in [-0.25, -0.2) is 0 Å². The largest absolute Gasteiger partial charge is 0.310 e. The zero-order chi connectivity index (χ0) is 12.6. The minimum absolute atomic E-state index is 0.0172. The minimum Gasteiger partial charge on any atom is -0.310 e. The fourth-order valence-electron chi connectivity index (χ4n) is 1.90. The molecule has 0 spiro atoms. The number of carbonyl (C=O) groups excluding carboxylic acids is 1. The summed E-state index contributed by atoms with van der Waals surface area (Å²) in [5.41, 5.74) is 1.39. The third-order valence-corrected chi connectivity index (χ3v) is 3.06. The highest BCUT2D eigenvalue weighted by atomic mass is 35.5. The van der Waals surface area contributed by atoms with E-state index in [-0.39, 0.29) is 23.4 Å². The van der Waals surface area contributed by atoms with E-state index in [9.17, 15) is 14.9 Å². The molecule has 1 aliphatic heterocycles. The van der Waals surface area contributed by atoms with Crippen molar-refractivity contribution in [2.75, 3.05) is 11.4 Å². The first-order valence-electron chi connectivity index (χ1n) is 5.18. The topological polar surface area (TPSA) is 63.5 Å². The number of halogens is 1. The Kier molecular flexibility index (Phi) is 3.02. The van der Waals surface area contributed by atoms with E-state index in [0.29, 0.717) is 12.2 Å². The van der Waals surface area contributed by atoms with E-state index in [1.54, 1.807) is 6.07 Å². The molecule has 1 saturated heterocycles. The van der Waals surface area contributed by atoms with Gasteiger partial charge in [-0.3, -0.25) is 14.9 Å². The van der Waals surface area contributed by atoms with E-state index in [1.165, 1.54) is 17.0 Å². The van der Waals surface area contributed by atoms with Crippen LogP contribution in [-0.2, 0) is 4.79 Å². The van der Waals surface area contributed by atoms with Gasteiger partial charge in [0.2, 0.25) is 5.91 Å². The van der Waals surface area contributed by atoms with Crippen LogP contribution in [0.4, 0.5) is 11.4 Å². The molecule has 0 bridgehead atoms. The van der Waals surface area contributed by atoms with Gasteiger partial charge in [0.1, 0.15) is 0 Å². The Morgan fingerprint density at radius 2 is 2.24 bits per heavy atom. The number of non-ortho nitro benzene ring substituents is 1. The van der Waals surface area contributed by atoms with E-state index in [2.05, 4.69) is 0 Å². The Morgan fingerprint density at radius 1 is 1.53 bits per heavy atom. The van der Waals surface area contributed by atoms with Gasteiger partial charge in [0.05, 0.1) is 16.0 Å². The predicted molar refractivity (Wildman–Crippen MR) is 64.4 cm³/mol. The zero-order valence-corrected chi connectivity index (χ0v) is 9.98. The Hall–Kier alpha value is -1.62. The Balaban J connectivity index is 2.41. The molecule has 17 heavy (non-hydrogen) atoms. The van der Waals surface area contributed by atoms with Crippen LogP contribution < -0.4 is 4.90 Å². The van der Waals surface area contributed by atoms with Crippen LogP contribution in [0.1, 0.15) is 12.0 Å². The molecule has 90 valence electrons. The first-order chi connectivity index (χ1) is 7.99. The summed E-state index contributed by atoms with van der Waals surface area (Å²) >= 11 is 5.91. The van der Waals surface area contributed by atoms with E-state index < -0.39 is 4.92 Å². The molecule has 0 saturated carbocycles. The number of nitro groups is 1. The molecule has 1 atom stereocenters. The number of alkyl halides is 1. The number of rotatable bonds is 2. The van der Waals surface area contributed by atoms with Crippen molar-refractivity contribution in [2.24, 2.45) is 0 Å². The van der Waals surface area contributed by atoms with Crippen LogP contribution in [-0.4, -0.2) is 22.8 Å². The van der Waals surface area contributed by atoms with E-state index >= 15 is 0 Å². The number of nitro benzene ring substituents is 1. The summed E-state index contributed by atoms with van der Waals surface area (Å²) in [5.74, 6) is -0.0893. The van der Waals surface area contributed by atoms with Crippen LogP contribution >= 0.6 is 11.6 Å². The lowest BCUT2D eigenvalue weighted by molar-refractivity contribution is -0.384. The SMILES string of the molecule is Cc1ccc([N+](=O)[O-])cc1N1CC(Cl)CC1=O. The maximum absolute atomic E-state index is 11.7. The van der Waals surface area contributed by atoms with Crippen molar-refractivity contribution >= 4 is 28.9 Å².